The molecule has 0 amide bonds. The van der Waals surface area contributed by atoms with Crippen molar-refractivity contribution in [1.82, 2.24) is 0 Å². The van der Waals surface area contributed by atoms with Crippen LogP contribution in [0.4, 0.5) is 5.69 Å². The van der Waals surface area contributed by atoms with Crippen LogP contribution in [0, 0.1) is 0 Å². The Morgan fingerprint density at radius 3 is 2.41 bits per heavy atom. The number of hydrogen-bond acceptors (Lipinski definition) is 5. The van der Waals surface area contributed by atoms with Gasteiger partial charge < -0.3 is 20.3 Å². The van der Waals surface area contributed by atoms with Crippen molar-refractivity contribution in [1.29, 1.82) is 0 Å². The van der Waals surface area contributed by atoms with Gasteiger partial charge in [-0.1, -0.05) is 12.8 Å². The van der Waals surface area contributed by atoms with Gasteiger partial charge in [0.05, 0.1) is 19.8 Å². The molecule has 0 atom stereocenters. The van der Waals surface area contributed by atoms with Gasteiger partial charge in [0.2, 0.25) is 0 Å². The number of nitrogen functional groups attached to an aromatic ring is 1. The molecular weight excluding hydrogens is 286 g/mol. The van der Waals surface area contributed by atoms with Gasteiger partial charge in [-0.05, 0) is 37.0 Å². The molecule has 0 radical (unpaired) electrons. The second-order valence-corrected chi connectivity index (χ2v) is 5.05. The van der Waals surface area contributed by atoms with Crippen LogP contribution < -0.4 is 10.5 Å². The second-order valence-electron chi connectivity index (χ2n) is 5.05. The average molecular weight is 309 g/mol. The highest BCUT2D eigenvalue weighted by atomic mass is 16.5. The summed E-state index contributed by atoms with van der Waals surface area (Å²) in [6.45, 7) is 0. The number of carbonyl (C=O) groups excluding carboxylic acids is 1. The SMILES string of the molecule is COC(=O)c1cc(OC)c(CCCCCCC(=O)O)cc1N. The summed E-state index contributed by atoms with van der Waals surface area (Å²) in [5.74, 6) is -0.635. The number of nitrogens with two attached hydrogens (primary N) is 1. The van der Waals surface area contributed by atoms with E-state index in [1.54, 1.807) is 19.2 Å². The van der Waals surface area contributed by atoms with Gasteiger partial charge in [0, 0.05) is 12.1 Å². The molecule has 0 aliphatic rings. The number of esters is 1. The Morgan fingerprint density at radius 2 is 1.82 bits per heavy atom. The van der Waals surface area contributed by atoms with E-state index in [4.69, 9.17) is 15.6 Å². The lowest BCUT2D eigenvalue weighted by Gasteiger charge is -2.12. The normalized spacial score (nSPS) is 10.3. The predicted molar refractivity (Wildman–Crippen MR) is 83.2 cm³/mol. The number of benzene rings is 1. The predicted octanol–water partition coefficient (Wildman–Crippen LogP) is 2.64. The zero-order valence-corrected chi connectivity index (χ0v) is 13.1. The fourth-order valence-electron chi connectivity index (χ4n) is 2.26. The Bertz CT molecular complexity index is 528. The van der Waals surface area contributed by atoms with Gasteiger partial charge in [0.1, 0.15) is 5.75 Å². The van der Waals surface area contributed by atoms with Crippen molar-refractivity contribution in [2.24, 2.45) is 0 Å². The molecule has 0 saturated heterocycles. The molecule has 0 heterocycles. The molecule has 0 fully saturated rings. The topological polar surface area (TPSA) is 98.8 Å². The Morgan fingerprint density at radius 1 is 1.14 bits per heavy atom. The number of aliphatic carboxylic acids is 1. The van der Waals surface area contributed by atoms with Gasteiger partial charge in [-0.15, -0.1) is 0 Å². The lowest BCUT2D eigenvalue weighted by Crippen LogP contribution is -2.07. The molecule has 0 aromatic heterocycles. The number of carboxylic acid groups (broad SMARTS) is 1. The van der Waals surface area contributed by atoms with E-state index in [9.17, 15) is 9.59 Å². The third-order valence-corrected chi connectivity index (χ3v) is 3.44. The summed E-state index contributed by atoms with van der Waals surface area (Å²) in [5.41, 5.74) is 7.49. The van der Waals surface area contributed by atoms with E-state index in [1.165, 1.54) is 7.11 Å². The molecule has 0 aliphatic carbocycles. The zero-order chi connectivity index (χ0) is 16.5. The monoisotopic (exact) mass is 309 g/mol. The van der Waals surface area contributed by atoms with Crippen molar-refractivity contribution in [2.45, 2.75) is 38.5 Å². The van der Waals surface area contributed by atoms with Gasteiger partial charge in [-0.3, -0.25) is 4.79 Å². The number of carbonyl (C=O) groups is 2. The third-order valence-electron chi connectivity index (χ3n) is 3.44. The summed E-state index contributed by atoms with van der Waals surface area (Å²) in [7, 11) is 2.85. The number of carboxylic acids is 1. The summed E-state index contributed by atoms with van der Waals surface area (Å²) in [5, 5.41) is 8.57. The molecule has 0 spiro atoms. The van der Waals surface area contributed by atoms with Crippen LogP contribution in [-0.4, -0.2) is 31.3 Å². The number of aryl methyl sites for hydroxylation is 1. The van der Waals surface area contributed by atoms with E-state index < -0.39 is 11.9 Å². The smallest absolute Gasteiger partial charge is 0.340 e. The molecule has 6 nitrogen and oxygen atoms in total. The molecule has 1 aromatic carbocycles. The molecule has 0 unspecified atom stereocenters. The van der Waals surface area contributed by atoms with Gasteiger partial charge in [-0.2, -0.15) is 0 Å². The minimum atomic E-state index is -0.757. The lowest BCUT2D eigenvalue weighted by molar-refractivity contribution is -0.137. The molecule has 0 aliphatic heterocycles. The minimum Gasteiger partial charge on any atom is -0.496 e. The van der Waals surface area contributed by atoms with Crippen LogP contribution in [0.3, 0.4) is 0 Å². The first-order valence-corrected chi connectivity index (χ1v) is 7.26. The van der Waals surface area contributed by atoms with Crippen molar-refractivity contribution < 1.29 is 24.2 Å². The quantitative estimate of drug-likeness (QED) is 0.413. The fraction of sp³-hybridized carbons (Fsp3) is 0.500. The first kappa shape index (κ1) is 17.8. The maximum absolute atomic E-state index is 11.6. The van der Waals surface area contributed by atoms with Crippen molar-refractivity contribution in [3.05, 3.63) is 23.3 Å². The van der Waals surface area contributed by atoms with E-state index in [1.807, 2.05) is 0 Å². The molecule has 22 heavy (non-hydrogen) atoms. The highest BCUT2D eigenvalue weighted by molar-refractivity contribution is 5.95. The fourth-order valence-corrected chi connectivity index (χ4v) is 2.26. The number of unbranched alkanes of at least 4 members (excludes halogenated alkanes) is 3. The Kier molecular flexibility index (Phi) is 7.22. The molecule has 3 N–H and O–H groups in total. The van der Waals surface area contributed by atoms with E-state index in [0.717, 1.165) is 31.2 Å². The van der Waals surface area contributed by atoms with Crippen LogP contribution in [0.1, 0.15) is 48.0 Å². The standard InChI is InChI=1S/C16H23NO5/c1-21-14-10-12(16(20)22-2)13(17)9-11(14)7-5-3-4-6-8-15(18)19/h9-10H,3-8,17H2,1-2H3,(H,18,19). The minimum absolute atomic E-state index is 0.212. The van der Waals surface area contributed by atoms with Crippen molar-refractivity contribution in [3.63, 3.8) is 0 Å². The number of methoxy groups -OCH3 is 2. The first-order chi connectivity index (χ1) is 10.5. The molecule has 0 bridgehead atoms. The third kappa shape index (κ3) is 5.27. The summed E-state index contributed by atoms with van der Waals surface area (Å²) in [4.78, 5) is 22.0. The van der Waals surface area contributed by atoms with E-state index in [2.05, 4.69) is 4.74 Å². The number of ether oxygens (including phenoxy) is 2. The van der Waals surface area contributed by atoms with Crippen molar-refractivity contribution in [3.8, 4) is 5.75 Å². The zero-order valence-electron chi connectivity index (χ0n) is 13.1. The van der Waals surface area contributed by atoms with Crippen LogP contribution in [0.25, 0.3) is 0 Å². The maximum Gasteiger partial charge on any atom is 0.340 e. The van der Waals surface area contributed by atoms with Crippen LogP contribution in [0.2, 0.25) is 0 Å². The number of hydrogen-bond donors (Lipinski definition) is 2. The molecule has 6 heteroatoms. The van der Waals surface area contributed by atoms with Crippen LogP contribution in [0.15, 0.2) is 12.1 Å². The average Bonchev–Trinajstić information content (AvgIpc) is 2.49. The van der Waals surface area contributed by atoms with Gasteiger partial charge >= 0.3 is 11.9 Å². The molecule has 1 rings (SSSR count). The number of rotatable bonds is 9. The molecule has 0 saturated carbocycles. The van der Waals surface area contributed by atoms with Crippen molar-refractivity contribution >= 4 is 17.6 Å². The summed E-state index contributed by atoms with van der Waals surface area (Å²) >= 11 is 0. The molecule has 1 aromatic rings. The summed E-state index contributed by atoms with van der Waals surface area (Å²) in [6.07, 6.45) is 4.40. The number of anilines is 1. The highest BCUT2D eigenvalue weighted by Gasteiger charge is 2.14. The largest absolute Gasteiger partial charge is 0.496 e. The van der Waals surface area contributed by atoms with Gasteiger partial charge in [-0.25, -0.2) is 4.79 Å². The van der Waals surface area contributed by atoms with Gasteiger partial charge in [0.15, 0.2) is 0 Å². The highest BCUT2D eigenvalue weighted by Crippen LogP contribution is 2.27. The van der Waals surface area contributed by atoms with E-state index >= 15 is 0 Å². The summed E-state index contributed by atoms with van der Waals surface area (Å²) in [6, 6.07) is 3.34. The van der Waals surface area contributed by atoms with Gasteiger partial charge in [0.25, 0.3) is 0 Å². The summed E-state index contributed by atoms with van der Waals surface area (Å²) < 4.78 is 9.98. The van der Waals surface area contributed by atoms with E-state index in [0.29, 0.717) is 23.4 Å². The van der Waals surface area contributed by atoms with Crippen molar-refractivity contribution in [2.75, 3.05) is 20.0 Å². The maximum atomic E-state index is 11.6. The van der Waals surface area contributed by atoms with Crippen LogP contribution in [-0.2, 0) is 16.0 Å². The Labute approximate surface area is 130 Å². The second kappa shape index (κ2) is 8.92. The van der Waals surface area contributed by atoms with E-state index in [-0.39, 0.29) is 6.42 Å². The molecular formula is C16H23NO5. The Hall–Kier alpha value is -2.24. The first-order valence-electron chi connectivity index (χ1n) is 7.26. The lowest BCUT2D eigenvalue weighted by atomic mass is 10.0. The Balaban J connectivity index is 2.61. The van der Waals surface area contributed by atoms with Crippen LogP contribution >= 0.6 is 0 Å². The van der Waals surface area contributed by atoms with Crippen LogP contribution in [0.5, 0.6) is 5.75 Å². The molecule has 122 valence electrons.